The zero-order chi connectivity index (χ0) is 14.3. The molecule has 0 aliphatic carbocycles. The summed E-state index contributed by atoms with van der Waals surface area (Å²) in [5, 5.41) is 3.33. The minimum atomic E-state index is -0.307. The molecule has 1 aromatic rings. The van der Waals surface area contributed by atoms with Gasteiger partial charge in [-0.25, -0.2) is 4.39 Å². The summed E-state index contributed by atoms with van der Waals surface area (Å²) in [6.45, 7) is 6.98. The van der Waals surface area contributed by atoms with E-state index in [4.69, 9.17) is 4.74 Å². The first-order valence-electron chi connectivity index (χ1n) is 6.81. The molecule has 0 spiro atoms. The summed E-state index contributed by atoms with van der Waals surface area (Å²) in [5.41, 5.74) is 0.935. The van der Waals surface area contributed by atoms with E-state index >= 15 is 0 Å². The standard InChI is InChI=1S/C15H25FN2O/c1-5-12(2)18(3)9-8-17-11-13-6-7-15(19-4)14(16)10-13/h6-7,10,12,17H,5,8-9,11H2,1-4H3. The minimum Gasteiger partial charge on any atom is -0.494 e. The fourth-order valence-electron chi connectivity index (χ4n) is 1.84. The molecular formula is C15H25FN2O. The lowest BCUT2D eigenvalue weighted by molar-refractivity contribution is 0.251. The number of rotatable bonds is 8. The molecule has 0 aliphatic heterocycles. The molecule has 0 saturated carbocycles. The lowest BCUT2D eigenvalue weighted by Crippen LogP contribution is -2.34. The summed E-state index contributed by atoms with van der Waals surface area (Å²) in [5.74, 6) is -0.0150. The Hall–Kier alpha value is -1.13. The number of nitrogens with one attached hydrogen (secondary N) is 1. The Labute approximate surface area is 115 Å². The highest BCUT2D eigenvalue weighted by molar-refractivity contribution is 5.29. The van der Waals surface area contributed by atoms with Crippen LogP contribution in [0.25, 0.3) is 0 Å². The fraction of sp³-hybridized carbons (Fsp3) is 0.600. The second-order valence-corrected chi connectivity index (χ2v) is 4.88. The predicted octanol–water partition coefficient (Wildman–Crippen LogP) is 2.65. The molecule has 0 bridgehead atoms. The van der Waals surface area contributed by atoms with E-state index in [1.807, 2.05) is 6.07 Å². The molecule has 0 amide bonds. The Morgan fingerprint density at radius 3 is 2.74 bits per heavy atom. The SMILES string of the molecule is CCC(C)N(C)CCNCc1ccc(OC)c(F)c1. The molecule has 0 aromatic heterocycles. The lowest BCUT2D eigenvalue weighted by Gasteiger charge is -2.23. The van der Waals surface area contributed by atoms with E-state index < -0.39 is 0 Å². The Morgan fingerprint density at radius 1 is 1.42 bits per heavy atom. The number of benzene rings is 1. The van der Waals surface area contributed by atoms with Gasteiger partial charge in [0.2, 0.25) is 0 Å². The smallest absolute Gasteiger partial charge is 0.165 e. The van der Waals surface area contributed by atoms with Crippen molar-refractivity contribution in [3.8, 4) is 5.75 Å². The first kappa shape index (κ1) is 15.9. The summed E-state index contributed by atoms with van der Waals surface area (Å²) in [7, 11) is 3.60. The van der Waals surface area contributed by atoms with Crippen LogP contribution in [0.3, 0.4) is 0 Å². The van der Waals surface area contributed by atoms with E-state index in [2.05, 4.69) is 31.1 Å². The molecule has 0 aliphatic rings. The Kier molecular flexibility index (Phi) is 6.81. The molecule has 3 nitrogen and oxygen atoms in total. The van der Waals surface area contributed by atoms with Crippen molar-refractivity contribution in [2.45, 2.75) is 32.9 Å². The van der Waals surface area contributed by atoms with E-state index in [9.17, 15) is 4.39 Å². The Morgan fingerprint density at radius 2 is 2.16 bits per heavy atom. The van der Waals surface area contributed by atoms with E-state index in [1.54, 1.807) is 6.07 Å². The molecule has 108 valence electrons. The number of ether oxygens (including phenoxy) is 1. The zero-order valence-corrected chi connectivity index (χ0v) is 12.4. The van der Waals surface area contributed by atoms with Gasteiger partial charge < -0.3 is 15.0 Å². The van der Waals surface area contributed by atoms with Crippen molar-refractivity contribution in [2.75, 3.05) is 27.2 Å². The van der Waals surface area contributed by atoms with Crippen molar-refractivity contribution in [3.05, 3.63) is 29.6 Å². The monoisotopic (exact) mass is 268 g/mol. The zero-order valence-electron chi connectivity index (χ0n) is 12.4. The van der Waals surface area contributed by atoms with E-state index in [1.165, 1.54) is 13.2 Å². The van der Waals surface area contributed by atoms with Crippen molar-refractivity contribution in [3.63, 3.8) is 0 Å². The molecule has 0 fully saturated rings. The summed E-state index contributed by atoms with van der Waals surface area (Å²) in [4.78, 5) is 2.32. The third-order valence-corrected chi connectivity index (χ3v) is 3.53. The van der Waals surface area contributed by atoms with Gasteiger partial charge in [0.25, 0.3) is 0 Å². The topological polar surface area (TPSA) is 24.5 Å². The number of nitrogens with zero attached hydrogens (tertiary/aromatic N) is 1. The molecule has 1 N–H and O–H groups in total. The normalized spacial score (nSPS) is 12.7. The van der Waals surface area contributed by atoms with Crippen LogP contribution < -0.4 is 10.1 Å². The molecule has 0 saturated heterocycles. The number of methoxy groups -OCH3 is 1. The van der Waals surface area contributed by atoms with Crippen molar-refractivity contribution in [1.29, 1.82) is 0 Å². The maximum Gasteiger partial charge on any atom is 0.165 e. The highest BCUT2D eigenvalue weighted by Gasteiger charge is 2.06. The van der Waals surface area contributed by atoms with Crippen LogP contribution in [0.15, 0.2) is 18.2 Å². The van der Waals surface area contributed by atoms with Crippen LogP contribution in [0, 0.1) is 5.82 Å². The van der Waals surface area contributed by atoms with E-state index in [0.29, 0.717) is 18.3 Å². The average molecular weight is 268 g/mol. The van der Waals surface area contributed by atoms with Crippen LogP contribution in [-0.4, -0.2) is 38.2 Å². The summed E-state index contributed by atoms with van der Waals surface area (Å²) in [6.07, 6.45) is 1.15. The minimum absolute atomic E-state index is 0.292. The number of halogens is 1. The molecule has 19 heavy (non-hydrogen) atoms. The molecule has 1 unspecified atom stereocenters. The maximum absolute atomic E-state index is 13.5. The van der Waals surface area contributed by atoms with E-state index in [-0.39, 0.29) is 5.82 Å². The van der Waals surface area contributed by atoms with Gasteiger partial charge in [0, 0.05) is 25.7 Å². The van der Waals surface area contributed by atoms with Crippen LogP contribution in [0.4, 0.5) is 4.39 Å². The van der Waals surface area contributed by atoms with Crippen LogP contribution in [0.1, 0.15) is 25.8 Å². The van der Waals surface area contributed by atoms with Gasteiger partial charge in [-0.3, -0.25) is 0 Å². The highest BCUT2D eigenvalue weighted by atomic mass is 19.1. The van der Waals surface area contributed by atoms with Crippen LogP contribution >= 0.6 is 0 Å². The number of hydrogen-bond acceptors (Lipinski definition) is 3. The Bertz CT molecular complexity index is 384. The first-order valence-corrected chi connectivity index (χ1v) is 6.81. The quantitative estimate of drug-likeness (QED) is 0.734. The largest absolute Gasteiger partial charge is 0.494 e. The summed E-state index contributed by atoms with van der Waals surface area (Å²) < 4.78 is 18.4. The second-order valence-electron chi connectivity index (χ2n) is 4.88. The van der Waals surface area contributed by atoms with Gasteiger partial charge in [0.1, 0.15) is 0 Å². The molecule has 4 heteroatoms. The van der Waals surface area contributed by atoms with Crippen molar-refractivity contribution in [2.24, 2.45) is 0 Å². The highest BCUT2D eigenvalue weighted by Crippen LogP contribution is 2.17. The molecule has 0 radical (unpaired) electrons. The van der Waals surface area contributed by atoms with Gasteiger partial charge in [-0.2, -0.15) is 0 Å². The average Bonchev–Trinajstić information content (AvgIpc) is 2.42. The van der Waals surface area contributed by atoms with Crippen molar-refractivity contribution >= 4 is 0 Å². The summed E-state index contributed by atoms with van der Waals surface area (Å²) >= 11 is 0. The predicted molar refractivity (Wildman–Crippen MR) is 77.0 cm³/mol. The lowest BCUT2D eigenvalue weighted by atomic mass is 10.2. The first-order chi connectivity index (χ1) is 9.08. The third-order valence-electron chi connectivity index (χ3n) is 3.53. The summed E-state index contributed by atoms with van der Waals surface area (Å²) in [6, 6.07) is 5.66. The molecular weight excluding hydrogens is 243 g/mol. The van der Waals surface area contributed by atoms with Gasteiger partial charge in [-0.05, 0) is 38.1 Å². The van der Waals surface area contributed by atoms with Crippen molar-refractivity contribution in [1.82, 2.24) is 10.2 Å². The van der Waals surface area contributed by atoms with Crippen LogP contribution in [-0.2, 0) is 6.54 Å². The van der Waals surface area contributed by atoms with Gasteiger partial charge in [0.05, 0.1) is 7.11 Å². The number of hydrogen-bond donors (Lipinski definition) is 1. The Balaban J connectivity index is 2.31. The fourth-order valence-corrected chi connectivity index (χ4v) is 1.84. The van der Waals surface area contributed by atoms with E-state index in [0.717, 1.165) is 25.1 Å². The van der Waals surface area contributed by atoms with Crippen LogP contribution in [0.2, 0.25) is 0 Å². The maximum atomic E-state index is 13.5. The molecule has 1 atom stereocenters. The molecule has 0 heterocycles. The molecule has 1 aromatic carbocycles. The van der Waals surface area contributed by atoms with Gasteiger partial charge in [0.15, 0.2) is 11.6 Å². The van der Waals surface area contributed by atoms with Crippen LogP contribution in [0.5, 0.6) is 5.75 Å². The van der Waals surface area contributed by atoms with Crippen molar-refractivity contribution < 1.29 is 9.13 Å². The van der Waals surface area contributed by atoms with Gasteiger partial charge >= 0.3 is 0 Å². The molecule has 1 rings (SSSR count). The van der Waals surface area contributed by atoms with Gasteiger partial charge in [-0.1, -0.05) is 13.0 Å². The third kappa shape index (κ3) is 5.17. The number of likely N-dealkylation sites (N-methyl/N-ethyl adjacent to an activating group) is 1. The second kappa shape index (κ2) is 8.12. The van der Waals surface area contributed by atoms with Gasteiger partial charge in [-0.15, -0.1) is 0 Å².